The summed E-state index contributed by atoms with van der Waals surface area (Å²) in [6, 6.07) is 12.5. The number of furan rings is 1. The molecular weight excluding hydrogens is 354 g/mol. The fourth-order valence-corrected chi connectivity index (χ4v) is 3.57. The Morgan fingerprint density at radius 2 is 2.00 bits per heavy atom. The first-order chi connectivity index (χ1) is 12.4. The van der Waals surface area contributed by atoms with Crippen molar-refractivity contribution < 1.29 is 17.6 Å². The maximum Gasteiger partial charge on any atom is 0.232 e. The van der Waals surface area contributed by atoms with Gasteiger partial charge in [0.1, 0.15) is 5.76 Å². The van der Waals surface area contributed by atoms with Crippen LogP contribution in [0, 0.1) is 0 Å². The SMILES string of the molecule is CS(=O)(=O)N(CCC(=O)NCc1ccco1)c1cccc2cccnc12. The van der Waals surface area contributed by atoms with E-state index in [0.717, 1.165) is 11.6 Å². The first-order valence-electron chi connectivity index (χ1n) is 8.06. The number of rotatable bonds is 7. The highest BCUT2D eigenvalue weighted by molar-refractivity contribution is 7.92. The molecule has 136 valence electrons. The molecule has 0 spiro atoms. The molecule has 0 bridgehead atoms. The van der Waals surface area contributed by atoms with E-state index < -0.39 is 10.0 Å². The minimum atomic E-state index is -3.57. The van der Waals surface area contributed by atoms with Crippen LogP contribution in [-0.4, -0.2) is 32.1 Å². The third kappa shape index (κ3) is 4.20. The van der Waals surface area contributed by atoms with Crippen molar-refractivity contribution >= 4 is 32.5 Å². The smallest absolute Gasteiger partial charge is 0.232 e. The molecule has 2 aromatic heterocycles. The molecule has 1 aromatic carbocycles. The molecule has 0 saturated heterocycles. The van der Waals surface area contributed by atoms with Gasteiger partial charge in [-0.25, -0.2) is 8.42 Å². The molecule has 2 heterocycles. The number of sulfonamides is 1. The van der Waals surface area contributed by atoms with E-state index in [2.05, 4.69) is 10.3 Å². The first-order valence-corrected chi connectivity index (χ1v) is 9.90. The van der Waals surface area contributed by atoms with E-state index in [1.54, 1.807) is 36.5 Å². The number of nitrogens with one attached hydrogen (secondary N) is 1. The standard InChI is InChI=1S/C18H19N3O4S/c1-26(23,24)21(11-9-17(22)20-13-15-7-4-12-25-15)16-8-2-5-14-6-3-10-19-18(14)16/h2-8,10,12H,9,11,13H2,1H3,(H,20,22). The van der Waals surface area contributed by atoms with E-state index in [0.29, 0.717) is 17.0 Å². The minimum absolute atomic E-state index is 0.0248. The summed E-state index contributed by atoms with van der Waals surface area (Å²) in [6.45, 7) is 0.291. The monoisotopic (exact) mass is 373 g/mol. The van der Waals surface area contributed by atoms with Gasteiger partial charge in [0.05, 0.1) is 30.3 Å². The second-order valence-corrected chi connectivity index (χ2v) is 7.70. The summed E-state index contributed by atoms with van der Waals surface area (Å²) in [7, 11) is -3.57. The van der Waals surface area contributed by atoms with Crippen molar-refractivity contribution in [3.8, 4) is 0 Å². The third-order valence-electron chi connectivity index (χ3n) is 3.86. The number of hydrogen-bond donors (Lipinski definition) is 1. The van der Waals surface area contributed by atoms with E-state index in [4.69, 9.17) is 4.42 Å². The molecule has 7 nitrogen and oxygen atoms in total. The van der Waals surface area contributed by atoms with Crippen LogP contribution in [-0.2, 0) is 21.4 Å². The maximum atomic E-state index is 12.3. The lowest BCUT2D eigenvalue weighted by Crippen LogP contribution is -2.34. The van der Waals surface area contributed by atoms with Crippen molar-refractivity contribution in [1.29, 1.82) is 0 Å². The predicted molar refractivity (Wildman–Crippen MR) is 99.1 cm³/mol. The average Bonchev–Trinajstić information content (AvgIpc) is 3.13. The van der Waals surface area contributed by atoms with Gasteiger partial charge in [0, 0.05) is 24.5 Å². The molecule has 3 rings (SSSR count). The lowest BCUT2D eigenvalue weighted by molar-refractivity contribution is -0.121. The molecule has 0 unspecified atom stereocenters. The number of carbonyl (C=O) groups excluding carboxylic acids is 1. The first kappa shape index (κ1) is 17.9. The Kier molecular flexibility index (Phi) is 5.22. The van der Waals surface area contributed by atoms with Gasteiger partial charge >= 0.3 is 0 Å². The number of nitrogens with zero attached hydrogens (tertiary/aromatic N) is 2. The van der Waals surface area contributed by atoms with Crippen LogP contribution < -0.4 is 9.62 Å². The molecule has 1 N–H and O–H groups in total. The van der Waals surface area contributed by atoms with Crippen LogP contribution in [0.2, 0.25) is 0 Å². The number of amides is 1. The molecule has 0 aliphatic heterocycles. The molecule has 0 aliphatic carbocycles. The Balaban J connectivity index is 1.75. The predicted octanol–water partition coefficient (Wildman–Crippen LogP) is 2.30. The Hall–Kier alpha value is -2.87. The van der Waals surface area contributed by atoms with Crippen LogP contribution in [0.15, 0.2) is 59.3 Å². The molecule has 0 atom stereocenters. The van der Waals surface area contributed by atoms with Crippen molar-refractivity contribution in [3.63, 3.8) is 0 Å². The van der Waals surface area contributed by atoms with Crippen molar-refractivity contribution in [2.45, 2.75) is 13.0 Å². The lowest BCUT2D eigenvalue weighted by atomic mass is 10.2. The minimum Gasteiger partial charge on any atom is -0.467 e. The molecule has 0 radical (unpaired) electrons. The third-order valence-corrected chi connectivity index (χ3v) is 5.04. The summed E-state index contributed by atoms with van der Waals surface area (Å²) < 4.78 is 30.9. The van der Waals surface area contributed by atoms with Gasteiger partial charge in [0.25, 0.3) is 0 Å². The number of hydrogen-bond acceptors (Lipinski definition) is 5. The van der Waals surface area contributed by atoms with E-state index in [9.17, 15) is 13.2 Å². The van der Waals surface area contributed by atoms with Crippen molar-refractivity contribution in [3.05, 3.63) is 60.7 Å². The zero-order valence-electron chi connectivity index (χ0n) is 14.3. The molecule has 8 heteroatoms. The fourth-order valence-electron chi connectivity index (χ4n) is 2.64. The van der Waals surface area contributed by atoms with E-state index >= 15 is 0 Å². The number of para-hydroxylation sites is 1. The topological polar surface area (TPSA) is 92.5 Å². The highest BCUT2D eigenvalue weighted by Crippen LogP contribution is 2.26. The van der Waals surface area contributed by atoms with E-state index in [-0.39, 0.29) is 25.4 Å². The molecule has 3 aromatic rings. The Bertz CT molecular complexity index is 995. The van der Waals surface area contributed by atoms with Gasteiger partial charge in [-0.1, -0.05) is 18.2 Å². The van der Waals surface area contributed by atoms with Crippen molar-refractivity contribution in [2.75, 3.05) is 17.1 Å². The van der Waals surface area contributed by atoms with Gasteiger partial charge in [-0.15, -0.1) is 0 Å². The van der Waals surface area contributed by atoms with Crippen LogP contribution in [0.25, 0.3) is 10.9 Å². The van der Waals surface area contributed by atoms with Crippen LogP contribution in [0.1, 0.15) is 12.2 Å². The second-order valence-electron chi connectivity index (χ2n) is 5.79. The summed E-state index contributed by atoms with van der Waals surface area (Å²) in [6.07, 6.45) is 4.29. The van der Waals surface area contributed by atoms with E-state index in [1.165, 1.54) is 10.6 Å². The number of carbonyl (C=O) groups is 1. The van der Waals surface area contributed by atoms with Gasteiger partial charge in [-0.3, -0.25) is 14.1 Å². The summed E-state index contributed by atoms with van der Waals surface area (Å²) in [5.41, 5.74) is 1.04. The summed E-state index contributed by atoms with van der Waals surface area (Å²) in [5, 5.41) is 3.54. The number of pyridine rings is 1. The largest absolute Gasteiger partial charge is 0.467 e. The normalized spacial score (nSPS) is 11.4. The molecule has 1 amide bonds. The van der Waals surface area contributed by atoms with Gasteiger partial charge in [-0.2, -0.15) is 0 Å². The molecule has 26 heavy (non-hydrogen) atoms. The van der Waals surface area contributed by atoms with Gasteiger partial charge < -0.3 is 9.73 Å². The van der Waals surface area contributed by atoms with Gasteiger partial charge in [-0.05, 0) is 24.3 Å². The highest BCUT2D eigenvalue weighted by atomic mass is 32.2. The number of benzene rings is 1. The molecular formula is C18H19N3O4S. The van der Waals surface area contributed by atoms with Crippen molar-refractivity contribution in [2.24, 2.45) is 0 Å². The quantitative estimate of drug-likeness (QED) is 0.686. The van der Waals surface area contributed by atoms with Crippen LogP contribution >= 0.6 is 0 Å². The molecule has 0 saturated carbocycles. The van der Waals surface area contributed by atoms with Crippen molar-refractivity contribution in [1.82, 2.24) is 10.3 Å². The highest BCUT2D eigenvalue weighted by Gasteiger charge is 2.21. The Labute approximate surface area is 151 Å². The fraction of sp³-hybridized carbons (Fsp3) is 0.222. The van der Waals surface area contributed by atoms with Crippen LogP contribution in [0.4, 0.5) is 5.69 Å². The molecule has 0 aliphatic rings. The van der Waals surface area contributed by atoms with Gasteiger partial charge in [0.15, 0.2) is 0 Å². The second kappa shape index (κ2) is 7.57. The Morgan fingerprint density at radius 3 is 2.73 bits per heavy atom. The number of aromatic nitrogens is 1. The molecule has 0 fully saturated rings. The summed E-state index contributed by atoms with van der Waals surface area (Å²) >= 11 is 0. The zero-order valence-corrected chi connectivity index (χ0v) is 15.1. The zero-order chi connectivity index (χ0) is 18.6. The number of anilines is 1. The Morgan fingerprint density at radius 1 is 1.19 bits per heavy atom. The average molecular weight is 373 g/mol. The van der Waals surface area contributed by atoms with Crippen LogP contribution in [0.5, 0.6) is 0 Å². The van der Waals surface area contributed by atoms with E-state index in [1.807, 2.05) is 12.1 Å². The lowest BCUT2D eigenvalue weighted by Gasteiger charge is -2.23. The van der Waals surface area contributed by atoms with Crippen LogP contribution in [0.3, 0.4) is 0 Å². The summed E-state index contributed by atoms with van der Waals surface area (Å²) in [5.74, 6) is 0.375. The van der Waals surface area contributed by atoms with Gasteiger partial charge in [0.2, 0.25) is 15.9 Å². The summed E-state index contributed by atoms with van der Waals surface area (Å²) in [4.78, 5) is 16.4. The number of fused-ring (bicyclic) bond motifs is 1. The maximum absolute atomic E-state index is 12.3.